The number of para-hydroxylation sites is 1. The first kappa shape index (κ1) is 17.5. The van der Waals surface area contributed by atoms with Crippen LogP contribution in [0.1, 0.15) is 35.7 Å². The van der Waals surface area contributed by atoms with Crippen molar-refractivity contribution in [2.24, 2.45) is 0 Å². The van der Waals surface area contributed by atoms with E-state index in [1.807, 2.05) is 19.1 Å². The van der Waals surface area contributed by atoms with Crippen molar-refractivity contribution >= 4 is 21.6 Å². The number of hydrogen-bond donors (Lipinski definition) is 1. The molecule has 0 atom stereocenters. The number of hydrogen-bond acceptors (Lipinski definition) is 3. The fourth-order valence-corrected chi connectivity index (χ4v) is 4.18. The van der Waals surface area contributed by atoms with Gasteiger partial charge < -0.3 is 4.90 Å². The van der Waals surface area contributed by atoms with Crippen LogP contribution in [0.4, 0.5) is 5.69 Å². The van der Waals surface area contributed by atoms with Crippen LogP contribution in [-0.4, -0.2) is 32.3 Å². The lowest BCUT2D eigenvalue weighted by atomic mass is 10.1. The molecule has 1 saturated heterocycles. The van der Waals surface area contributed by atoms with E-state index in [-0.39, 0.29) is 10.8 Å². The molecule has 1 aliphatic rings. The quantitative estimate of drug-likeness (QED) is 0.892. The average molecular weight is 358 g/mol. The second kappa shape index (κ2) is 7.27. The number of amides is 1. The molecule has 0 aliphatic carbocycles. The molecule has 0 radical (unpaired) electrons. The highest BCUT2D eigenvalue weighted by Gasteiger charge is 2.22. The Kier molecular flexibility index (Phi) is 5.08. The zero-order valence-electron chi connectivity index (χ0n) is 14.2. The maximum absolute atomic E-state index is 12.7. The molecule has 5 nitrogen and oxygen atoms in total. The van der Waals surface area contributed by atoms with Gasteiger partial charge in [0.2, 0.25) is 0 Å². The summed E-state index contributed by atoms with van der Waals surface area (Å²) in [4.78, 5) is 14.4. The molecule has 3 rings (SSSR count). The van der Waals surface area contributed by atoms with Gasteiger partial charge in [-0.05, 0) is 49.1 Å². The topological polar surface area (TPSA) is 66.5 Å². The highest BCUT2D eigenvalue weighted by molar-refractivity contribution is 7.92. The molecule has 0 saturated carbocycles. The van der Waals surface area contributed by atoms with Crippen molar-refractivity contribution in [3.63, 3.8) is 0 Å². The lowest BCUT2D eigenvalue weighted by Crippen LogP contribution is -2.27. The molecule has 6 heteroatoms. The Labute approximate surface area is 148 Å². The van der Waals surface area contributed by atoms with Crippen LogP contribution in [0.25, 0.3) is 0 Å². The van der Waals surface area contributed by atoms with E-state index < -0.39 is 10.0 Å². The smallest absolute Gasteiger partial charge is 0.261 e. The summed E-state index contributed by atoms with van der Waals surface area (Å²) in [6.45, 7) is 3.44. The lowest BCUT2D eigenvalue weighted by Gasteiger charge is -2.16. The summed E-state index contributed by atoms with van der Waals surface area (Å²) in [6.07, 6.45) is 2.73. The van der Waals surface area contributed by atoms with E-state index >= 15 is 0 Å². The second-order valence-corrected chi connectivity index (χ2v) is 7.83. The van der Waals surface area contributed by atoms with Crippen LogP contribution in [0.2, 0.25) is 0 Å². The Hall–Kier alpha value is -2.34. The van der Waals surface area contributed by atoms with Crippen LogP contribution < -0.4 is 4.72 Å². The number of carbonyl (C=O) groups is 1. The molecule has 1 heterocycles. The minimum atomic E-state index is -3.75. The molecule has 1 aliphatic heterocycles. The molecule has 0 unspecified atom stereocenters. The molecule has 2 aromatic rings. The first-order valence-corrected chi connectivity index (χ1v) is 9.99. The number of carbonyl (C=O) groups excluding carboxylic acids is 1. The maximum atomic E-state index is 12.7. The molecule has 0 bridgehead atoms. The molecular formula is C19H22N2O3S. The number of likely N-dealkylation sites (tertiary alicyclic amines) is 1. The van der Waals surface area contributed by atoms with Crippen molar-refractivity contribution in [1.82, 2.24) is 4.90 Å². The first-order valence-electron chi connectivity index (χ1n) is 8.51. The van der Waals surface area contributed by atoms with Gasteiger partial charge in [-0.15, -0.1) is 0 Å². The summed E-state index contributed by atoms with van der Waals surface area (Å²) in [5.74, 6) is -0.108. The van der Waals surface area contributed by atoms with E-state index in [1.165, 1.54) is 12.1 Å². The standard InChI is InChI=1S/C19H22N2O3S/c1-2-15-8-3-4-11-18(15)20-25(23,24)17-10-7-9-16(14-17)19(22)21-12-5-6-13-21/h3-4,7-11,14,20H,2,5-6,12-13H2,1H3. The van der Waals surface area contributed by atoms with Gasteiger partial charge in [-0.25, -0.2) is 8.42 Å². The Morgan fingerprint density at radius 2 is 1.80 bits per heavy atom. The average Bonchev–Trinajstić information content (AvgIpc) is 3.16. The van der Waals surface area contributed by atoms with Gasteiger partial charge >= 0.3 is 0 Å². The van der Waals surface area contributed by atoms with E-state index in [4.69, 9.17) is 0 Å². The number of sulfonamides is 1. The normalized spacial score (nSPS) is 14.5. The van der Waals surface area contributed by atoms with E-state index in [9.17, 15) is 13.2 Å². The van der Waals surface area contributed by atoms with Crippen LogP contribution in [0.3, 0.4) is 0 Å². The first-order chi connectivity index (χ1) is 12.0. The minimum absolute atomic E-state index is 0.100. The number of aryl methyl sites for hydroxylation is 1. The summed E-state index contributed by atoms with van der Waals surface area (Å²) in [6, 6.07) is 13.6. The van der Waals surface area contributed by atoms with Crippen molar-refractivity contribution < 1.29 is 13.2 Å². The fraction of sp³-hybridized carbons (Fsp3) is 0.316. The van der Waals surface area contributed by atoms with Crippen molar-refractivity contribution in [3.8, 4) is 0 Å². The summed E-state index contributed by atoms with van der Waals surface area (Å²) in [5, 5.41) is 0. The van der Waals surface area contributed by atoms with Crippen molar-refractivity contribution in [1.29, 1.82) is 0 Å². The monoisotopic (exact) mass is 358 g/mol. The predicted molar refractivity (Wildman–Crippen MR) is 98.2 cm³/mol. The Balaban J connectivity index is 1.87. The zero-order valence-corrected chi connectivity index (χ0v) is 15.1. The summed E-state index contributed by atoms with van der Waals surface area (Å²) >= 11 is 0. The van der Waals surface area contributed by atoms with E-state index in [1.54, 1.807) is 29.2 Å². The van der Waals surface area contributed by atoms with Crippen LogP contribution in [0, 0.1) is 0 Å². The van der Waals surface area contributed by atoms with E-state index in [0.717, 1.165) is 37.9 Å². The molecule has 1 amide bonds. The van der Waals surface area contributed by atoms with Crippen LogP contribution >= 0.6 is 0 Å². The van der Waals surface area contributed by atoms with Gasteiger partial charge in [-0.2, -0.15) is 0 Å². The highest BCUT2D eigenvalue weighted by atomic mass is 32.2. The largest absolute Gasteiger partial charge is 0.339 e. The summed E-state index contributed by atoms with van der Waals surface area (Å²) < 4.78 is 28.1. The second-order valence-electron chi connectivity index (χ2n) is 6.14. The fourth-order valence-electron chi connectivity index (χ4n) is 3.03. The third-order valence-electron chi connectivity index (χ3n) is 4.43. The van der Waals surface area contributed by atoms with Gasteiger partial charge in [-0.1, -0.05) is 31.2 Å². The van der Waals surface area contributed by atoms with E-state index in [2.05, 4.69) is 4.72 Å². The van der Waals surface area contributed by atoms with Crippen molar-refractivity contribution in [2.75, 3.05) is 17.8 Å². The molecule has 25 heavy (non-hydrogen) atoms. The predicted octanol–water partition coefficient (Wildman–Crippen LogP) is 3.29. The Morgan fingerprint density at radius 3 is 2.52 bits per heavy atom. The Bertz CT molecular complexity index is 872. The van der Waals surface area contributed by atoms with Crippen LogP contribution in [0.15, 0.2) is 53.4 Å². The van der Waals surface area contributed by atoms with Gasteiger partial charge in [0.05, 0.1) is 10.6 Å². The number of nitrogens with one attached hydrogen (secondary N) is 1. The van der Waals surface area contributed by atoms with Gasteiger partial charge in [0.15, 0.2) is 0 Å². The van der Waals surface area contributed by atoms with Crippen molar-refractivity contribution in [2.45, 2.75) is 31.1 Å². The molecule has 0 aromatic heterocycles. The number of nitrogens with zero attached hydrogens (tertiary/aromatic N) is 1. The van der Waals surface area contributed by atoms with Gasteiger partial charge in [0.1, 0.15) is 0 Å². The lowest BCUT2D eigenvalue weighted by molar-refractivity contribution is 0.0792. The van der Waals surface area contributed by atoms with Crippen LogP contribution in [0.5, 0.6) is 0 Å². The molecule has 0 spiro atoms. The zero-order chi connectivity index (χ0) is 17.9. The highest BCUT2D eigenvalue weighted by Crippen LogP contribution is 2.22. The third kappa shape index (κ3) is 3.85. The number of anilines is 1. The van der Waals surface area contributed by atoms with Crippen molar-refractivity contribution in [3.05, 3.63) is 59.7 Å². The van der Waals surface area contributed by atoms with Gasteiger partial charge in [-0.3, -0.25) is 9.52 Å². The Morgan fingerprint density at radius 1 is 1.08 bits per heavy atom. The minimum Gasteiger partial charge on any atom is -0.339 e. The van der Waals surface area contributed by atoms with E-state index in [0.29, 0.717) is 11.3 Å². The molecule has 1 fully saturated rings. The summed E-state index contributed by atoms with van der Waals surface area (Å²) in [5.41, 5.74) is 1.91. The van der Waals surface area contributed by atoms with Gasteiger partial charge in [0.25, 0.3) is 15.9 Å². The molecular weight excluding hydrogens is 336 g/mol. The molecule has 1 N–H and O–H groups in total. The number of benzene rings is 2. The summed E-state index contributed by atoms with van der Waals surface area (Å²) in [7, 11) is -3.75. The van der Waals surface area contributed by atoms with Gasteiger partial charge in [0, 0.05) is 18.7 Å². The van der Waals surface area contributed by atoms with Crippen LogP contribution in [-0.2, 0) is 16.4 Å². The number of rotatable bonds is 5. The molecule has 132 valence electrons. The SMILES string of the molecule is CCc1ccccc1NS(=O)(=O)c1cccc(C(=O)N2CCCC2)c1. The molecule has 2 aromatic carbocycles. The third-order valence-corrected chi connectivity index (χ3v) is 5.79. The maximum Gasteiger partial charge on any atom is 0.261 e.